The first-order valence-electron chi connectivity index (χ1n) is 13.5. The second-order valence-corrected chi connectivity index (χ2v) is 17.2. The molecule has 2 aliphatic carbocycles. The van der Waals surface area contributed by atoms with Gasteiger partial charge >= 0.3 is 247 Å². The fraction of sp³-hybridized carbons (Fsp3) is 0.571. The van der Waals surface area contributed by atoms with Gasteiger partial charge in [-0.15, -0.1) is 0 Å². The Bertz CT molecular complexity index is 1240. The molecule has 0 bridgehead atoms. The molecule has 2 fully saturated rings. The molecule has 0 radical (unpaired) electrons. The first kappa shape index (κ1) is 33.3. The Morgan fingerprint density at radius 3 is 1.26 bits per heavy atom. The molecule has 0 heterocycles. The van der Waals surface area contributed by atoms with Crippen molar-refractivity contribution in [3.8, 4) is 0 Å². The van der Waals surface area contributed by atoms with Crippen LogP contribution in [0.25, 0.3) is 0 Å². The fourth-order valence-electron chi connectivity index (χ4n) is 5.41. The Kier molecular flexibility index (Phi) is 9.88. The molecule has 0 aliphatic heterocycles. The van der Waals surface area contributed by atoms with Crippen molar-refractivity contribution in [1.82, 2.24) is 0 Å². The topological polar surface area (TPSA) is 43.4 Å². The van der Waals surface area contributed by atoms with Crippen molar-refractivity contribution in [3.05, 3.63) is 66.8 Å². The van der Waals surface area contributed by atoms with Gasteiger partial charge in [-0.1, -0.05) is 0 Å². The average molecular weight is 744 g/mol. The van der Waals surface area contributed by atoms with Crippen LogP contribution in [0.5, 0.6) is 0 Å². The third-order valence-corrected chi connectivity index (χ3v) is 15.2. The third kappa shape index (κ3) is 6.45. The Morgan fingerprint density at radius 1 is 0.571 bits per heavy atom. The molecule has 14 heteroatoms. The summed E-state index contributed by atoms with van der Waals surface area (Å²) in [4.78, 5) is 0. The van der Waals surface area contributed by atoms with Crippen molar-refractivity contribution in [2.45, 2.75) is 99.3 Å². The van der Waals surface area contributed by atoms with E-state index in [-0.39, 0.29) is 19.0 Å². The van der Waals surface area contributed by atoms with Crippen LogP contribution in [-0.4, -0.2) is 31.7 Å². The van der Waals surface area contributed by atoms with Crippen LogP contribution >= 0.6 is 20.2 Å². The number of rotatable bonds is 9. The zero-order valence-corrected chi connectivity index (χ0v) is 25.2. The molecule has 2 aromatic carbocycles. The van der Waals surface area contributed by atoms with Gasteiger partial charge in [0.1, 0.15) is 0 Å². The third-order valence-electron chi connectivity index (χ3n) is 7.87. The summed E-state index contributed by atoms with van der Waals surface area (Å²) in [5.74, 6) is -14.3. The molecule has 2 aliphatic rings. The normalized spacial score (nSPS) is 19.1. The van der Waals surface area contributed by atoms with Gasteiger partial charge in [0.25, 0.3) is 0 Å². The van der Waals surface area contributed by atoms with Gasteiger partial charge in [0, 0.05) is 0 Å². The Morgan fingerprint density at radius 2 is 0.929 bits per heavy atom. The second kappa shape index (κ2) is 12.4. The quantitative estimate of drug-likeness (QED) is 0.190. The van der Waals surface area contributed by atoms with Crippen molar-refractivity contribution < 1.29 is 50.4 Å². The van der Waals surface area contributed by atoms with Crippen LogP contribution < -0.4 is 0 Å². The first-order chi connectivity index (χ1) is 19.5. The molecule has 0 spiro atoms. The Balaban J connectivity index is 1.71. The van der Waals surface area contributed by atoms with Gasteiger partial charge < -0.3 is 0 Å². The van der Waals surface area contributed by atoms with Gasteiger partial charge in [-0.05, 0) is 0 Å². The van der Waals surface area contributed by atoms with E-state index < -0.39 is 53.6 Å². The molecule has 3 nitrogen and oxygen atoms in total. The molecular weight excluding hydrogens is 714 g/mol. The first-order valence-corrected chi connectivity index (χ1v) is 18.0. The zero-order valence-electron chi connectivity index (χ0n) is 22.3. The van der Waals surface area contributed by atoms with E-state index in [4.69, 9.17) is 0 Å². The number of benzene rings is 2. The Hall–Kier alpha value is -1.55. The van der Waals surface area contributed by atoms with E-state index in [0.29, 0.717) is 0 Å². The second-order valence-electron chi connectivity index (χ2n) is 10.7. The van der Waals surface area contributed by atoms with Gasteiger partial charge in [0.05, 0.1) is 0 Å². The average Bonchev–Trinajstić information content (AvgIpc) is 2.96. The summed E-state index contributed by atoms with van der Waals surface area (Å²) in [7, 11) is -7.01. The standard InChI is InChI=1S/C28H30F9IO3S/c29-25(30,27(33,34)35)26(31,32)28(36,37)42(39,40)41-38(23-15-11-21(12-16-23)19-7-3-1-4-8-19)24-17-13-22(14-18-24)20-9-5-2-6-10-20/h11-20H,1-10H2. The van der Waals surface area contributed by atoms with Crippen molar-refractivity contribution in [2.24, 2.45) is 0 Å². The number of alkyl halides is 9. The van der Waals surface area contributed by atoms with Crippen LogP contribution in [0.15, 0.2) is 48.5 Å². The van der Waals surface area contributed by atoms with Crippen molar-refractivity contribution in [3.63, 3.8) is 0 Å². The molecule has 2 saturated carbocycles. The molecule has 42 heavy (non-hydrogen) atoms. The molecule has 0 N–H and O–H groups in total. The predicted molar refractivity (Wildman–Crippen MR) is 147 cm³/mol. The molecule has 0 atom stereocenters. The molecule has 236 valence electrons. The van der Waals surface area contributed by atoms with Crippen LogP contribution in [0, 0.1) is 7.14 Å². The summed E-state index contributed by atoms with van der Waals surface area (Å²) >= 11 is -4.14. The molecule has 0 saturated heterocycles. The SMILES string of the molecule is O=S(=O)(OI(c1ccc(C2CCCCC2)cc1)c1ccc(C2CCCCC2)cc1)C(F)(F)C(F)(F)C(F)(F)C(F)(F)F. The molecule has 0 unspecified atom stereocenters. The molecule has 2 aromatic rings. The van der Waals surface area contributed by atoms with Crippen LogP contribution in [0.3, 0.4) is 0 Å². The number of halogens is 10. The van der Waals surface area contributed by atoms with E-state index in [9.17, 15) is 47.9 Å². The van der Waals surface area contributed by atoms with E-state index in [2.05, 4.69) is 2.51 Å². The Labute approximate surface area is 246 Å². The van der Waals surface area contributed by atoms with E-state index >= 15 is 0 Å². The molecule has 0 aromatic heterocycles. The van der Waals surface area contributed by atoms with Gasteiger partial charge in [0.15, 0.2) is 0 Å². The minimum absolute atomic E-state index is 0.0643. The van der Waals surface area contributed by atoms with E-state index in [1.165, 1.54) is 24.3 Å². The summed E-state index contributed by atoms with van der Waals surface area (Å²) in [5, 5.41) is -6.90. The monoisotopic (exact) mass is 744 g/mol. The molecule has 4 rings (SSSR count). The van der Waals surface area contributed by atoms with Crippen molar-refractivity contribution in [1.29, 1.82) is 0 Å². The number of hydrogen-bond donors (Lipinski definition) is 0. The summed E-state index contributed by atoms with van der Waals surface area (Å²) in [6, 6.07) is 12.2. The van der Waals surface area contributed by atoms with E-state index in [1.807, 2.05) is 0 Å². The minimum atomic E-state index is -7.36. The van der Waals surface area contributed by atoms with Gasteiger partial charge in [-0.3, -0.25) is 0 Å². The fourth-order valence-corrected chi connectivity index (χ4v) is 12.3. The van der Waals surface area contributed by atoms with Gasteiger partial charge in [0.2, 0.25) is 0 Å². The van der Waals surface area contributed by atoms with Crippen molar-refractivity contribution in [2.75, 3.05) is 0 Å². The van der Waals surface area contributed by atoms with Crippen LogP contribution in [0.4, 0.5) is 39.5 Å². The van der Waals surface area contributed by atoms with Gasteiger partial charge in [-0.2, -0.15) is 0 Å². The maximum atomic E-state index is 14.6. The van der Waals surface area contributed by atoms with E-state index in [1.54, 1.807) is 24.3 Å². The number of hydrogen-bond acceptors (Lipinski definition) is 3. The zero-order chi connectivity index (χ0) is 31.0. The summed E-state index contributed by atoms with van der Waals surface area (Å²) < 4.78 is 152. The predicted octanol–water partition coefficient (Wildman–Crippen LogP) is 10.0. The summed E-state index contributed by atoms with van der Waals surface area (Å²) in [6.45, 7) is 0. The van der Waals surface area contributed by atoms with Crippen LogP contribution in [0.1, 0.15) is 87.2 Å². The summed E-state index contributed by atoms with van der Waals surface area (Å²) in [6.07, 6.45) is 2.66. The molecule has 0 amide bonds. The van der Waals surface area contributed by atoms with Crippen molar-refractivity contribution >= 4 is 30.4 Å². The van der Waals surface area contributed by atoms with Gasteiger partial charge in [-0.25, -0.2) is 0 Å². The van der Waals surface area contributed by atoms with E-state index in [0.717, 1.165) is 75.3 Å². The maximum absolute atomic E-state index is 14.6. The van der Waals surface area contributed by atoms with Crippen LogP contribution in [-0.2, 0) is 12.6 Å². The summed E-state index contributed by atoms with van der Waals surface area (Å²) in [5.41, 5.74) is 1.79. The van der Waals surface area contributed by atoms with Crippen LogP contribution in [0.2, 0.25) is 0 Å². The molecular formula is C28H30F9IO3S.